The Labute approximate surface area is 185 Å². The summed E-state index contributed by atoms with van der Waals surface area (Å²) in [6.07, 6.45) is 2.91. The highest BCUT2D eigenvalue weighted by Crippen LogP contribution is 2.26. The van der Waals surface area contributed by atoms with Crippen molar-refractivity contribution in [3.8, 4) is 0 Å². The summed E-state index contributed by atoms with van der Waals surface area (Å²) in [7, 11) is -3.75. The van der Waals surface area contributed by atoms with Crippen LogP contribution in [0.4, 0.5) is 0 Å². The van der Waals surface area contributed by atoms with Crippen molar-refractivity contribution < 1.29 is 18.0 Å². The minimum atomic E-state index is -3.75. The number of carbonyl (C=O) groups excluding carboxylic acids is 2. The SMILES string of the molecule is Cc1ccc(S(=O)(=O)n2ccc3cc(CN4NC(C)(C(N)=O)C=C4C(N)=O)ccc32)cc1. The molecule has 9 nitrogen and oxygen atoms in total. The number of hydrogen-bond acceptors (Lipinski definition) is 6. The van der Waals surface area contributed by atoms with Crippen molar-refractivity contribution >= 4 is 32.7 Å². The molecule has 166 valence electrons. The average molecular weight is 454 g/mol. The molecular formula is C22H23N5O4S. The molecule has 0 fully saturated rings. The Hall–Kier alpha value is -3.63. The Morgan fingerprint density at radius 3 is 2.38 bits per heavy atom. The van der Waals surface area contributed by atoms with E-state index >= 15 is 0 Å². The fourth-order valence-corrected chi connectivity index (χ4v) is 5.01. The number of nitrogens with two attached hydrogens (primary N) is 2. The number of aryl methyl sites for hydroxylation is 1. The van der Waals surface area contributed by atoms with Crippen LogP contribution in [0, 0.1) is 6.92 Å². The van der Waals surface area contributed by atoms with Gasteiger partial charge in [-0.25, -0.2) is 17.8 Å². The van der Waals surface area contributed by atoms with Crippen molar-refractivity contribution in [3.63, 3.8) is 0 Å². The molecule has 1 aliphatic rings. The summed E-state index contributed by atoms with van der Waals surface area (Å²) in [5, 5.41) is 2.17. The summed E-state index contributed by atoms with van der Waals surface area (Å²) < 4.78 is 27.4. The Balaban J connectivity index is 1.65. The fraction of sp³-hybridized carbons (Fsp3) is 0.182. The highest BCUT2D eigenvalue weighted by atomic mass is 32.2. The number of primary amides is 2. The number of benzene rings is 2. The number of fused-ring (bicyclic) bond motifs is 1. The van der Waals surface area contributed by atoms with Gasteiger partial charge in [-0.15, -0.1) is 0 Å². The molecule has 5 N–H and O–H groups in total. The molecule has 0 aliphatic carbocycles. The average Bonchev–Trinajstić information content (AvgIpc) is 3.30. The minimum absolute atomic E-state index is 0.130. The van der Waals surface area contributed by atoms with Gasteiger partial charge in [0.05, 0.1) is 17.0 Å². The molecule has 32 heavy (non-hydrogen) atoms. The van der Waals surface area contributed by atoms with Gasteiger partial charge in [0, 0.05) is 11.6 Å². The molecule has 0 saturated heterocycles. The second-order valence-corrected chi connectivity index (χ2v) is 9.80. The number of nitrogens with zero attached hydrogens (tertiary/aromatic N) is 2. The largest absolute Gasteiger partial charge is 0.368 e. The van der Waals surface area contributed by atoms with Crippen LogP contribution < -0.4 is 16.9 Å². The predicted molar refractivity (Wildman–Crippen MR) is 119 cm³/mol. The van der Waals surface area contributed by atoms with Crippen LogP contribution in [0.1, 0.15) is 18.1 Å². The first-order chi connectivity index (χ1) is 15.0. The van der Waals surface area contributed by atoms with E-state index in [0.717, 1.165) is 11.1 Å². The van der Waals surface area contributed by atoms with E-state index in [1.54, 1.807) is 49.4 Å². The first kappa shape index (κ1) is 21.6. The summed E-state index contributed by atoms with van der Waals surface area (Å²) in [5.41, 5.74) is 15.0. The van der Waals surface area contributed by atoms with Crippen LogP contribution >= 0.6 is 0 Å². The van der Waals surface area contributed by atoms with Crippen LogP contribution in [0.3, 0.4) is 0 Å². The van der Waals surface area contributed by atoms with Gasteiger partial charge in [-0.2, -0.15) is 0 Å². The van der Waals surface area contributed by atoms with Gasteiger partial charge in [-0.3, -0.25) is 14.6 Å². The Bertz CT molecular complexity index is 1380. The number of nitrogens with one attached hydrogen (secondary N) is 1. The number of carbonyl (C=O) groups is 2. The number of amides is 2. The second kappa shape index (κ2) is 7.50. The van der Waals surface area contributed by atoms with Crippen LogP contribution in [0.25, 0.3) is 10.9 Å². The molecule has 0 spiro atoms. The van der Waals surface area contributed by atoms with E-state index in [9.17, 15) is 18.0 Å². The highest BCUT2D eigenvalue weighted by molar-refractivity contribution is 7.90. The van der Waals surface area contributed by atoms with Gasteiger partial charge >= 0.3 is 0 Å². The smallest absolute Gasteiger partial charge is 0.268 e. The van der Waals surface area contributed by atoms with E-state index in [-0.39, 0.29) is 17.1 Å². The molecule has 0 saturated carbocycles. The number of hydrazine groups is 1. The van der Waals surface area contributed by atoms with Crippen molar-refractivity contribution in [2.24, 2.45) is 11.5 Å². The third kappa shape index (κ3) is 3.63. The third-order valence-electron chi connectivity index (χ3n) is 5.49. The van der Waals surface area contributed by atoms with Crippen LogP contribution in [-0.2, 0) is 26.2 Å². The zero-order valence-electron chi connectivity index (χ0n) is 17.6. The number of hydrogen-bond donors (Lipinski definition) is 3. The van der Waals surface area contributed by atoms with Crippen molar-refractivity contribution in [2.45, 2.75) is 30.8 Å². The summed E-state index contributed by atoms with van der Waals surface area (Å²) >= 11 is 0. The molecule has 2 heterocycles. The monoisotopic (exact) mass is 453 g/mol. The lowest BCUT2D eigenvalue weighted by Crippen LogP contribution is -2.53. The topological polar surface area (TPSA) is 141 Å². The van der Waals surface area contributed by atoms with Crippen molar-refractivity contribution in [3.05, 3.63) is 77.6 Å². The van der Waals surface area contributed by atoms with Gasteiger partial charge in [0.25, 0.3) is 15.9 Å². The number of rotatable bonds is 6. The zero-order valence-corrected chi connectivity index (χ0v) is 18.4. The Morgan fingerprint density at radius 1 is 1.06 bits per heavy atom. The third-order valence-corrected chi connectivity index (χ3v) is 7.19. The first-order valence-electron chi connectivity index (χ1n) is 9.81. The molecule has 1 unspecified atom stereocenters. The lowest BCUT2D eigenvalue weighted by molar-refractivity contribution is -0.123. The van der Waals surface area contributed by atoms with Gasteiger partial charge < -0.3 is 11.5 Å². The number of aromatic nitrogens is 1. The maximum absolute atomic E-state index is 13.1. The van der Waals surface area contributed by atoms with E-state index in [0.29, 0.717) is 10.9 Å². The van der Waals surface area contributed by atoms with Gasteiger partial charge in [0.2, 0.25) is 5.91 Å². The van der Waals surface area contributed by atoms with Gasteiger partial charge in [-0.1, -0.05) is 23.8 Å². The van der Waals surface area contributed by atoms with E-state index < -0.39 is 27.4 Å². The highest BCUT2D eigenvalue weighted by Gasteiger charge is 2.39. The normalized spacial score (nSPS) is 18.7. The van der Waals surface area contributed by atoms with E-state index in [1.807, 2.05) is 13.0 Å². The molecule has 1 atom stereocenters. The van der Waals surface area contributed by atoms with E-state index in [2.05, 4.69) is 5.43 Å². The zero-order chi connectivity index (χ0) is 23.3. The quantitative estimate of drug-likeness (QED) is 0.511. The summed E-state index contributed by atoms with van der Waals surface area (Å²) in [6.45, 7) is 3.66. The lowest BCUT2D eigenvalue weighted by atomic mass is 10.0. The summed E-state index contributed by atoms with van der Waals surface area (Å²) in [5.74, 6) is -1.34. The molecule has 0 bridgehead atoms. The lowest BCUT2D eigenvalue weighted by Gasteiger charge is -2.26. The Morgan fingerprint density at radius 2 is 1.75 bits per heavy atom. The van der Waals surface area contributed by atoms with Crippen LogP contribution in [0.5, 0.6) is 0 Å². The molecule has 0 radical (unpaired) electrons. The van der Waals surface area contributed by atoms with Crippen LogP contribution in [-0.4, -0.2) is 34.8 Å². The Kier molecular flexibility index (Phi) is 5.06. The van der Waals surface area contributed by atoms with Crippen molar-refractivity contribution in [1.82, 2.24) is 14.4 Å². The molecule has 3 aromatic rings. The van der Waals surface area contributed by atoms with Gasteiger partial charge in [0.1, 0.15) is 11.2 Å². The predicted octanol–water partition coefficient (Wildman–Crippen LogP) is 1.12. The van der Waals surface area contributed by atoms with Crippen molar-refractivity contribution in [1.29, 1.82) is 0 Å². The maximum atomic E-state index is 13.1. The first-order valence-corrected chi connectivity index (χ1v) is 11.3. The second-order valence-electron chi connectivity index (χ2n) is 7.98. The maximum Gasteiger partial charge on any atom is 0.268 e. The van der Waals surface area contributed by atoms with Crippen LogP contribution in [0.2, 0.25) is 0 Å². The van der Waals surface area contributed by atoms with E-state index in [4.69, 9.17) is 11.5 Å². The van der Waals surface area contributed by atoms with Gasteiger partial charge in [-0.05, 0) is 55.8 Å². The molecule has 1 aliphatic heterocycles. The minimum Gasteiger partial charge on any atom is -0.368 e. The van der Waals surface area contributed by atoms with Gasteiger partial charge in [0.15, 0.2) is 0 Å². The van der Waals surface area contributed by atoms with E-state index in [1.165, 1.54) is 21.3 Å². The molecule has 4 rings (SSSR count). The standard InChI is InChI=1S/C22H23N5O4S/c1-14-3-6-17(7-4-14)32(30,31)27-10-9-16-11-15(5-8-18(16)27)13-26-19(20(23)28)12-22(2,25-26)21(24)29/h3-12,25H,13H2,1-2H3,(H2,23,28)(H2,24,29). The molecule has 1 aromatic heterocycles. The summed E-state index contributed by atoms with van der Waals surface area (Å²) in [4.78, 5) is 23.8. The molecule has 2 aromatic carbocycles. The van der Waals surface area contributed by atoms with Crippen molar-refractivity contribution in [2.75, 3.05) is 0 Å². The molecule has 10 heteroatoms. The molecular weight excluding hydrogens is 430 g/mol. The fourth-order valence-electron chi connectivity index (χ4n) is 3.66. The molecule has 2 amide bonds. The van der Waals surface area contributed by atoms with Crippen LogP contribution in [0.15, 0.2) is 71.4 Å². The summed E-state index contributed by atoms with van der Waals surface area (Å²) in [6, 6.07) is 13.6.